The van der Waals surface area contributed by atoms with Crippen LogP contribution in [0.4, 0.5) is 0 Å². The topological polar surface area (TPSA) is 50.4 Å². The summed E-state index contributed by atoms with van der Waals surface area (Å²) in [4.78, 5) is 11.0. The molecule has 0 aromatic carbocycles. The summed E-state index contributed by atoms with van der Waals surface area (Å²) >= 11 is 0. The highest BCUT2D eigenvalue weighted by molar-refractivity contribution is 5.80. The van der Waals surface area contributed by atoms with Gasteiger partial charge in [0.05, 0.1) is 6.04 Å². The van der Waals surface area contributed by atoms with Crippen LogP contribution in [0.5, 0.6) is 0 Å². The lowest BCUT2D eigenvalue weighted by Gasteiger charge is -2.11. The van der Waals surface area contributed by atoms with Gasteiger partial charge in [-0.25, -0.2) is 0 Å². The van der Waals surface area contributed by atoms with E-state index in [9.17, 15) is 4.79 Å². The van der Waals surface area contributed by atoms with E-state index in [4.69, 9.17) is 4.74 Å². The first-order valence-electron chi connectivity index (χ1n) is 4.66. The molecule has 0 saturated carbocycles. The molecule has 0 fully saturated rings. The molecular weight excluding hydrogens is 168 g/mol. The molecule has 0 rings (SSSR count). The summed E-state index contributed by atoms with van der Waals surface area (Å²) in [5.41, 5.74) is 0. The van der Waals surface area contributed by atoms with Crippen molar-refractivity contribution in [1.82, 2.24) is 10.6 Å². The molecule has 0 aromatic heterocycles. The van der Waals surface area contributed by atoms with Gasteiger partial charge >= 0.3 is 0 Å². The van der Waals surface area contributed by atoms with Crippen molar-refractivity contribution in [3.8, 4) is 0 Å². The molecule has 78 valence electrons. The SMILES string of the molecule is CNC(=O)C(C)NCCCCOC. The van der Waals surface area contributed by atoms with E-state index >= 15 is 0 Å². The fraction of sp³-hybridized carbons (Fsp3) is 0.889. The zero-order chi connectivity index (χ0) is 10.1. The summed E-state index contributed by atoms with van der Waals surface area (Å²) in [6.45, 7) is 3.50. The molecule has 0 aliphatic heterocycles. The number of hydrogen-bond acceptors (Lipinski definition) is 3. The van der Waals surface area contributed by atoms with Crippen LogP contribution in [-0.2, 0) is 9.53 Å². The number of rotatable bonds is 7. The molecule has 0 aliphatic rings. The van der Waals surface area contributed by atoms with E-state index in [1.54, 1.807) is 14.2 Å². The van der Waals surface area contributed by atoms with Crippen LogP contribution in [0.25, 0.3) is 0 Å². The molecular formula is C9H20N2O2. The van der Waals surface area contributed by atoms with Gasteiger partial charge in [-0.15, -0.1) is 0 Å². The van der Waals surface area contributed by atoms with Crippen LogP contribution in [0, 0.1) is 0 Å². The first kappa shape index (κ1) is 12.4. The summed E-state index contributed by atoms with van der Waals surface area (Å²) in [5.74, 6) is 0.0340. The Balaban J connectivity index is 3.26. The van der Waals surface area contributed by atoms with Gasteiger partial charge in [-0.05, 0) is 26.3 Å². The van der Waals surface area contributed by atoms with Crippen molar-refractivity contribution >= 4 is 5.91 Å². The smallest absolute Gasteiger partial charge is 0.236 e. The van der Waals surface area contributed by atoms with Crippen molar-refractivity contribution in [2.24, 2.45) is 0 Å². The van der Waals surface area contributed by atoms with E-state index < -0.39 is 0 Å². The fourth-order valence-electron chi connectivity index (χ4n) is 0.999. The van der Waals surface area contributed by atoms with Crippen LogP contribution < -0.4 is 10.6 Å². The van der Waals surface area contributed by atoms with Gasteiger partial charge in [-0.3, -0.25) is 4.79 Å². The molecule has 0 radical (unpaired) electrons. The molecule has 0 aliphatic carbocycles. The predicted molar refractivity (Wildman–Crippen MR) is 52.6 cm³/mol. The maximum atomic E-state index is 11.0. The molecule has 1 atom stereocenters. The first-order valence-corrected chi connectivity index (χ1v) is 4.66. The van der Waals surface area contributed by atoms with Crippen molar-refractivity contribution in [3.05, 3.63) is 0 Å². The average molecular weight is 188 g/mol. The van der Waals surface area contributed by atoms with Gasteiger partial charge in [0.25, 0.3) is 0 Å². The predicted octanol–water partition coefficient (Wildman–Crippen LogP) is 0.137. The lowest BCUT2D eigenvalue weighted by Crippen LogP contribution is -2.40. The van der Waals surface area contributed by atoms with Crippen LogP contribution in [0.3, 0.4) is 0 Å². The van der Waals surface area contributed by atoms with Gasteiger partial charge in [-0.1, -0.05) is 0 Å². The Labute approximate surface area is 80.0 Å². The van der Waals surface area contributed by atoms with Crippen LogP contribution >= 0.6 is 0 Å². The number of likely N-dealkylation sites (N-methyl/N-ethyl adjacent to an activating group) is 1. The minimum Gasteiger partial charge on any atom is -0.385 e. The fourth-order valence-corrected chi connectivity index (χ4v) is 0.999. The molecule has 0 aromatic rings. The van der Waals surface area contributed by atoms with Gasteiger partial charge in [0.2, 0.25) is 5.91 Å². The summed E-state index contributed by atoms with van der Waals surface area (Å²) in [7, 11) is 3.34. The summed E-state index contributed by atoms with van der Waals surface area (Å²) < 4.78 is 4.91. The van der Waals surface area contributed by atoms with E-state index in [-0.39, 0.29) is 11.9 Å². The number of carbonyl (C=O) groups excluding carboxylic acids is 1. The Morgan fingerprint density at radius 2 is 2.15 bits per heavy atom. The molecule has 4 nitrogen and oxygen atoms in total. The molecule has 0 bridgehead atoms. The monoisotopic (exact) mass is 188 g/mol. The highest BCUT2D eigenvalue weighted by Gasteiger charge is 2.08. The molecule has 0 saturated heterocycles. The third kappa shape index (κ3) is 6.54. The third-order valence-corrected chi connectivity index (χ3v) is 1.87. The summed E-state index contributed by atoms with van der Waals surface area (Å²) in [6, 6.07) is -0.104. The second kappa shape index (κ2) is 8.01. The number of nitrogens with one attached hydrogen (secondary N) is 2. The van der Waals surface area contributed by atoms with Crippen LogP contribution in [0.2, 0.25) is 0 Å². The van der Waals surface area contributed by atoms with Gasteiger partial charge in [-0.2, -0.15) is 0 Å². The first-order chi connectivity index (χ1) is 6.22. The Hall–Kier alpha value is -0.610. The quantitative estimate of drug-likeness (QED) is 0.559. The van der Waals surface area contributed by atoms with Crippen molar-refractivity contribution in [3.63, 3.8) is 0 Å². The second-order valence-electron chi connectivity index (χ2n) is 2.99. The summed E-state index contributed by atoms with van der Waals surface area (Å²) in [6.07, 6.45) is 2.07. The lowest BCUT2D eigenvalue weighted by atomic mass is 10.2. The van der Waals surface area contributed by atoms with E-state index in [1.165, 1.54) is 0 Å². The number of carbonyl (C=O) groups is 1. The maximum Gasteiger partial charge on any atom is 0.236 e. The van der Waals surface area contributed by atoms with E-state index in [0.717, 1.165) is 26.0 Å². The Bertz CT molecular complexity index is 140. The van der Waals surface area contributed by atoms with Crippen LogP contribution in [-0.4, -0.2) is 39.3 Å². The number of hydrogen-bond donors (Lipinski definition) is 2. The normalized spacial score (nSPS) is 12.5. The van der Waals surface area contributed by atoms with E-state index in [1.807, 2.05) is 6.92 Å². The highest BCUT2D eigenvalue weighted by Crippen LogP contribution is 1.88. The molecule has 0 spiro atoms. The number of methoxy groups -OCH3 is 1. The molecule has 0 heterocycles. The van der Waals surface area contributed by atoms with Gasteiger partial charge in [0.15, 0.2) is 0 Å². The Morgan fingerprint density at radius 3 is 2.69 bits per heavy atom. The van der Waals surface area contributed by atoms with Crippen LogP contribution in [0.1, 0.15) is 19.8 Å². The van der Waals surface area contributed by atoms with Crippen molar-refractivity contribution in [2.75, 3.05) is 27.3 Å². The lowest BCUT2D eigenvalue weighted by molar-refractivity contribution is -0.122. The molecule has 1 amide bonds. The standard InChI is InChI=1S/C9H20N2O2/c1-8(9(12)10-2)11-6-4-5-7-13-3/h8,11H,4-7H2,1-3H3,(H,10,12). The molecule has 1 unspecified atom stereocenters. The highest BCUT2D eigenvalue weighted by atomic mass is 16.5. The van der Waals surface area contributed by atoms with Crippen molar-refractivity contribution in [2.45, 2.75) is 25.8 Å². The number of ether oxygens (including phenoxy) is 1. The maximum absolute atomic E-state index is 11.0. The van der Waals surface area contributed by atoms with Gasteiger partial charge in [0, 0.05) is 20.8 Å². The Morgan fingerprint density at radius 1 is 1.46 bits per heavy atom. The zero-order valence-electron chi connectivity index (χ0n) is 8.72. The average Bonchev–Trinajstić information content (AvgIpc) is 2.16. The molecule has 13 heavy (non-hydrogen) atoms. The van der Waals surface area contributed by atoms with Gasteiger partial charge in [0.1, 0.15) is 0 Å². The summed E-state index contributed by atoms with van der Waals surface area (Å²) in [5, 5.41) is 5.72. The second-order valence-corrected chi connectivity index (χ2v) is 2.99. The number of amides is 1. The van der Waals surface area contributed by atoms with Crippen LogP contribution in [0.15, 0.2) is 0 Å². The third-order valence-electron chi connectivity index (χ3n) is 1.87. The minimum absolute atomic E-state index is 0.0340. The zero-order valence-corrected chi connectivity index (χ0v) is 8.72. The Kier molecular flexibility index (Phi) is 7.63. The minimum atomic E-state index is -0.104. The van der Waals surface area contributed by atoms with E-state index in [2.05, 4.69) is 10.6 Å². The van der Waals surface area contributed by atoms with Crippen molar-refractivity contribution in [1.29, 1.82) is 0 Å². The van der Waals surface area contributed by atoms with E-state index in [0.29, 0.717) is 0 Å². The molecule has 4 heteroatoms. The molecule has 2 N–H and O–H groups in total. The number of unbranched alkanes of at least 4 members (excludes halogenated alkanes) is 1. The van der Waals surface area contributed by atoms with Gasteiger partial charge < -0.3 is 15.4 Å². The van der Waals surface area contributed by atoms with Crippen molar-refractivity contribution < 1.29 is 9.53 Å². The largest absolute Gasteiger partial charge is 0.385 e.